The Morgan fingerprint density at radius 1 is 1.14 bits per heavy atom. The van der Waals surface area contributed by atoms with Crippen molar-refractivity contribution in [2.75, 3.05) is 13.2 Å². The maximum Gasteiger partial charge on any atom is 0.257 e. The van der Waals surface area contributed by atoms with Crippen molar-refractivity contribution in [2.45, 2.75) is 13.5 Å². The van der Waals surface area contributed by atoms with E-state index in [1.165, 1.54) is 23.0 Å². The average molecular weight is 399 g/mol. The quantitative estimate of drug-likeness (QED) is 0.663. The predicted octanol–water partition coefficient (Wildman–Crippen LogP) is 3.02. The fourth-order valence-electron chi connectivity index (χ4n) is 2.73. The molecule has 0 unspecified atom stereocenters. The van der Waals surface area contributed by atoms with Crippen molar-refractivity contribution >= 4 is 5.91 Å². The second kappa shape index (κ2) is 9.09. The van der Waals surface area contributed by atoms with Crippen LogP contribution in [-0.4, -0.2) is 28.6 Å². The van der Waals surface area contributed by atoms with E-state index in [2.05, 4.69) is 10.3 Å². The summed E-state index contributed by atoms with van der Waals surface area (Å²) in [6.45, 7) is 2.58. The number of benzene rings is 2. The number of amides is 1. The highest BCUT2D eigenvalue weighted by atomic mass is 19.1. The largest absolute Gasteiger partial charge is 0.494 e. The van der Waals surface area contributed by atoms with Crippen molar-refractivity contribution in [1.29, 1.82) is 0 Å². The third kappa shape index (κ3) is 4.84. The summed E-state index contributed by atoms with van der Waals surface area (Å²) in [5.74, 6) is -2.04. The number of nitrogens with one attached hydrogen (secondary N) is 1. The molecule has 0 radical (unpaired) electrons. The molecule has 0 saturated heterocycles. The van der Waals surface area contributed by atoms with E-state index in [0.29, 0.717) is 12.3 Å². The second-order valence-corrected chi connectivity index (χ2v) is 6.12. The van der Waals surface area contributed by atoms with Gasteiger partial charge in [0, 0.05) is 24.7 Å². The Bertz CT molecular complexity index is 1050. The highest BCUT2D eigenvalue weighted by molar-refractivity contribution is 5.94. The van der Waals surface area contributed by atoms with Crippen LogP contribution in [-0.2, 0) is 6.54 Å². The standard InChI is InChI=1S/C21H19F2N3O3/c1-2-29-15-8-6-14(7-9-15)18-12-19(27)26(13-25-18)11-10-24-21(28)20-16(22)4-3-5-17(20)23/h3-9,12-13H,2,10-11H2,1H3,(H,24,28). The van der Waals surface area contributed by atoms with Gasteiger partial charge in [-0.1, -0.05) is 6.07 Å². The minimum atomic E-state index is -0.943. The lowest BCUT2D eigenvalue weighted by Gasteiger charge is -2.09. The minimum Gasteiger partial charge on any atom is -0.494 e. The molecule has 6 nitrogen and oxygen atoms in total. The summed E-state index contributed by atoms with van der Waals surface area (Å²) in [5.41, 5.74) is 0.312. The van der Waals surface area contributed by atoms with Gasteiger partial charge in [-0.25, -0.2) is 13.8 Å². The molecule has 29 heavy (non-hydrogen) atoms. The molecule has 1 heterocycles. The Labute approximate surface area is 165 Å². The lowest BCUT2D eigenvalue weighted by Crippen LogP contribution is -2.31. The van der Waals surface area contributed by atoms with Gasteiger partial charge in [-0.2, -0.15) is 0 Å². The Morgan fingerprint density at radius 2 is 1.83 bits per heavy atom. The molecule has 0 aliphatic heterocycles. The maximum absolute atomic E-state index is 13.6. The molecule has 3 rings (SSSR count). The number of carbonyl (C=O) groups excluding carboxylic acids is 1. The number of carbonyl (C=O) groups is 1. The number of halogens is 2. The molecule has 0 saturated carbocycles. The van der Waals surface area contributed by atoms with Gasteiger partial charge in [0.25, 0.3) is 11.5 Å². The number of ether oxygens (including phenoxy) is 1. The van der Waals surface area contributed by atoms with Crippen molar-refractivity contribution in [3.05, 3.63) is 82.4 Å². The Kier molecular flexibility index (Phi) is 6.33. The molecule has 0 aliphatic rings. The zero-order valence-corrected chi connectivity index (χ0v) is 15.7. The Morgan fingerprint density at radius 3 is 2.45 bits per heavy atom. The zero-order chi connectivity index (χ0) is 20.8. The van der Waals surface area contributed by atoms with Crippen molar-refractivity contribution in [1.82, 2.24) is 14.9 Å². The molecule has 2 aromatic carbocycles. The van der Waals surface area contributed by atoms with Crippen molar-refractivity contribution in [2.24, 2.45) is 0 Å². The first-order valence-electron chi connectivity index (χ1n) is 9.01. The molecule has 0 fully saturated rings. The van der Waals surface area contributed by atoms with Crippen LogP contribution in [0.25, 0.3) is 11.3 Å². The van der Waals surface area contributed by atoms with Crippen LogP contribution in [0, 0.1) is 11.6 Å². The highest BCUT2D eigenvalue weighted by Crippen LogP contribution is 2.19. The number of rotatable bonds is 7. The highest BCUT2D eigenvalue weighted by Gasteiger charge is 2.16. The third-order valence-electron chi connectivity index (χ3n) is 4.17. The molecule has 0 atom stereocenters. The van der Waals surface area contributed by atoms with Crippen molar-refractivity contribution in [3.8, 4) is 17.0 Å². The van der Waals surface area contributed by atoms with Crippen LogP contribution >= 0.6 is 0 Å². The van der Waals surface area contributed by atoms with Gasteiger partial charge in [0.1, 0.15) is 22.9 Å². The van der Waals surface area contributed by atoms with Crippen molar-refractivity contribution < 1.29 is 18.3 Å². The SMILES string of the molecule is CCOc1ccc(-c2cc(=O)n(CCNC(=O)c3c(F)cccc3F)cn2)cc1. The van der Waals surface area contributed by atoms with Gasteiger partial charge >= 0.3 is 0 Å². The van der Waals surface area contributed by atoms with Gasteiger partial charge in [-0.15, -0.1) is 0 Å². The first-order valence-corrected chi connectivity index (χ1v) is 9.01. The van der Waals surface area contributed by atoms with E-state index in [1.807, 2.05) is 6.92 Å². The fourth-order valence-corrected chi connectivity index (χ4v) is 2.73. The van der Waals surface area contributed by atoms with Crippen LogP contribution < -0.4 is 15.6 Å². The lowest BCUT2D eigenvalue weighted by molar-refractivity contribution is 0.0943. The van der Waals surface area contributed by atoms with Gasteiger partial charge in [-0.3, -0.25) is 14.2 Å². The molecule has 150 valence electrons. The van der Waals surface area contributed by atoms with Crippen LogP contribution in [0.15, 0.2) is 59.7 Å². The summed E-state index contributed by atoms with van der Waals surface area (Å²) in [7, 11) is 0. The van der Waals surface area contributed by atoms with E-state index >= 15 is 0 Å². The van der Waals surface area contributed by atoms with Crippen molar-refractivity contribution in [3.63, 3.8) is 0 Å². The molecule has 1 aromatic heterocycles. The third-order valence-corrected chi connectivity index (χ3v) is 4.17. The first kappa shape index (κ1) is 20.2. The Hall–Kier alpha value is -3.55. The van der Waals surface area contributed by atoms with Gasteiger partial charge in [0.2, 0.25) is 0 Å². The number of nitrogens with zero attached hydrogens (tertiary/aromatic N) is 2. The van der Waals surface area contributed by atoms with E-state index in [0.717, 1.165) is 23.4 Å². The van der Waals surface area contributed by atoms with Crippen LogP contribution in [0.5, 0.6) is 5.75 Å². The smallest absolute Gasteiger partial charge is 0.257 e. The summed E-state index contributed by atoms with van der Waals surface area (Å²) in [4.78, 5) is 28.5. The molecule has 3 aromatic rings. The first-order chi connectivity index (χ1) is 14.0. The molecule has 1 amide bonds. The molecule has 8 heteroatoms. The number of aromatic nitrogens is 2. The van der Waals surface area contributed by atoms with E-state index in [9.17, 15) is 18.4 Å². The fraction of sp³-hybridized carbons (Fsp3) is 0.190. The summed E-state index contributed by atoms with van der Waals surface area (Å²) in [6.07, 6.45) is 1.37. The summed E-state index contributed by atoms with van der Waals surface area (Å²) in [5, 5.41) is 2.40. The van der Waals surface area contributed by atoms with Crippen LogP contribution in [0.1, 0.15) is 17.3 Å². The average Bonchev–Trinajstić information content (AvgIpc) is 2.70. The molecule has 0 aliphatic carbocycles. The van der Waals surface area contributed by atoms with Crippen LogP contribution in [0.3, 0.4) is 0 Å². The number of hydrogen-bond donors (Lipinski definition) is 1. The van der Waals surface area contributed by atoms with E-state index in [-0.39, 0.29) is 18.6 Å². The summed E-state index contributed by atoms with van der Waals surface area (Å²) < 4.78 is 33.9. The predicted molar refractivity (Wildman–Crippen MR) is 104 cm³/mol. The van der Waals surface area contributed by atoms with Gasteiger partial charge in [0.05, 0.1) is 18.6 Å². The van der Waals surface area contributed by atoms with E-state index in [1.54, 1.807) is 24.3 Å². The normalized spacial score (nSPS) is 10.6. The summed E-state index contributed by atoms with van der Waals surface area (Å²) >= 11 is 0. The van der Waals surface area contributed by atoms with Gasteiger partial charge < -0.3 is 10.1 Å². The van der Waals surface area contributed by atoms with Gasteiger partial charge in [0.15, 0.2) is 0 Å². The molecule has 0 bridgehead atoms. The molecule has 0 spiro atoms. The molecular formula is C21H19F2N3O3. The molecule has 1 N–H and O–H groups in total. The van der Waals surface area contributed by atoms with Crippen LogP contribution in [0.4, 0.5) is 8.78 Å². The summed E-state index contributed by atoms with van der Waals surface area (Å²) in [6, 6.07) is 11.8. The zero-order valence-electron chi connectivity index (χ0n) is 15.7. The van der Waals surface area contributed by atoms with Gasteiger partial charge in [-0.05, 0) is 43.3 Å². The number of hydrogen-bond acceptors (Lipinski definition) is 4. The van der Waals surface area contributed by atoms with E-state index < -0.39 is 23.1 Å². The minimum absolute atomic E-state index is 0.0105. The van der Waals surface area contributed by atoms with Crippen LogP contribution in [0.2, 0.25) is 0 Å². The molecular weight excluding hydrogens is 380 g/mol. The van der Waals surface area contributed by atoms with E-state index in [4.69, 9.17) is 4.74 Å². The lowest BCUT2D eigenvalue weighted by atomic mass is 10.1. The monoisotopic (exact) mass is 399 g/mol. The second-order valence-electron chi connectivity index (χ2n) is 6.12. The topological polar surface area (TPSA) is 73.2 Å². The Balaban J connectivity index is 1.64. The maximum atomic E-state index is 13.6.